The number of nitrogens with one attached hydrogen (secondary N) is 2. The van der Waals surface area contributed by atoms with Crippen LogP contribution in [-0.4, -0.2) is 11.6 Å². The summed E-state index contributed by atoms with van der Waals surface area (Å²) >= 11 is 0. The summed E-state index contributed by atoms with van der Waals surface area (Å²) in [5.41, 5.74) is 0.285. The molecule has 5 heteroatoms. The van der Waals surface area contributed by atoms with Crippen molar-refractivity contribution in [1.29, 1.82) is 10.5 Å². The summed E-state index contributed by atoms with van der Waals surface area (Å²) in [4.78, 5) is 11.9. The van der Waals surface area contributed by atoms with E-state index in [0.29, 0.717) is 24.1 Å². The van der Waals surface area contributed by atoms with Gasteiger partial charge in [-0.15, -0.1) is 0 Å². The van der Waals surface area contributed by atoms with Gasteiger partial charge in [-0.25, -0.2) is 4.79 Å². The fourth-order valence-corrected chi connectivity index (χ4v) is 2.29. The second kappa shape index (κ2) is 5.41. The predicted molar refractivity (Wildman–Crippen MR) is 70.1 cm³/mol. The zero-order valence-corrected chi connectivity index (χ0v) is 10.4. The molecule has 19 heavy (non-hydrogen) atoms. The predicted octanol–water partition coefficient (Wildman–Crippen LogP) is 2.52. The van der Waals surface area contributed by atoms with E-state index in [2.05, 4.69) is 16.7 Å². The Kier molecular flexibility index (Phi) is 3.68. The van der Waals surface area contributed by atoms with Crippen LogP contribution in [-0.2, 0) is 0 Å². The highest BCUT2D eigenvalue weighted by molar-refractivity contribution is 5.90. The third-order valence-corrected chi connectivity index (χ3v) is 3.27. The molecule has 96 valence electrons. The average molecular weight is 254 g/mol. The van der Waals surface area contributed by atoms with Gasteiger partial charge < -0.3 is 10.6 Å². The van der Waals surface area contributed by atoms with Crippen molar-refractivity contribution in [2.75, 3.05) is 5.32 Å². The third kappa shape index (κ3) is 3.02. The van der Waals surface area contributed by atoms with Gasteiger partial charge >= 0.3 is 6.03 Å². The van der Waals surface area contributed by atoms with Gasteiger partial charge in [-0.05, 0) is 43.9 Å². The molecule has 1 aliphatic rings. The molecule has 1 fully saturated rings. The van der Waals surface area contributed by atoms with Gasteiger partial charge in [-0.2, -0.15) is 10.5 Å². The number of amides is 2. The highest BCUT2D eigenvalue weighted by Gasteiger charge is 2.35. The first-order chi connectivity index (χ1) is 9.17. The molecule has 2 N–H and O–H groups in total. The molecule has 5 nitrogen and oxygen atoms in total. The molecule has 0 bridgehead atoms. The van der Waals surface area contributed by atoms with Gasteiger partial charge in [0, 0.05) is 5.69 Å². The van der Waals surface area contributed by atoms with Crippen LogP contribution in [0.1, 0.15) is 31.2 Å². The molecule has 1 aromatic rings. The molecule has 0 saturated heterocycles. The summed E-state index contributed by atoms with van der Waals surface area (Å²) in [6, 6.07) is 10.5. The Bertz CT molecular complexity index is 562. The third-order valence-electron chi connectivity index (χ3n) is 3.27. The van der Waals surface area contributed by atoms with Crippen molar-refractivity contribution in [2.24, 2.45) is 0 Å². The van der Waals surface area contributed by atoms with Gasteiger partial charge in [-0.3, -0.25) is 0 Å². The summed E-state index contributed by atoms with van der Waals surface area (Å²) in [6.07, 6.45) is 3.29. The number of carbonyl (C=O) groups is 1. The Morgan fingerprint density at radius 3 is 2.63 bits per heavy atom. The largest absolute Gasteiger partial charge is 0.320 e. The minimum Gasteiger partial charge on any atom is -0.319 e. The molecule has 0 radical (unpaired) electrons. The monoisotopic (exact) mass is 254 g/mol. The van der Waals surface area contributed by atoms with Crippen molar-refractivity contribution in [2.45, 2.75) is 31.2 Å². The number of carbonyl (C=O) groups excluding carboxylic acids is 1. The van der Waals surface area contributed by atoms with Crippen molar-refractivity contribution < 1.29 is 4.79 Å². The molecular formula is C14H14N4O. The van der Waals surface area contributed by atoms with Gasteiger partial charge in [0.05, 0.1) is 17.7 Å². The van der Waals surface area contributed by atoms with E-state index in [1.165, 1.54) is 0 Å². The van der Waals surface area contributed by atoms with Crippen molar-refractivity contribution in [3.8, 4) is 12.1 Å². The van der Waals surface area contributed by atoms with Gasteiger partial charge in [0.25, 0.3) is 0 Å². The normalized spacial score (nSPS) is 16.1. The van der Waals surface area contributed by atoms with E-state index >= 15 is 0 Å². The standard InChI is InChI=1S/C14H14N4O/c15-9-11-4-3-5-12(8-11)17-13(19)18-14(10-16)6-1-2-7-14/h3-5,8H,1-2,6-7H2,(H2,17,18,19). The van der Waals surface area contributed by atoms with Crippen LogP contribution in [0.25, 0.3) is 0 Å². The zero-order chi connectivity index (χ0) is 13.7. The van der Waals surface area contributed by atoms with Crippen LogP contribution in [0.2, 0.25) is 0 Å². The summed E-state index contributed by atoms with van der Waals surface area (Å²) in [6.45, 7) is 0. The maximum absolute atomic E-state index is 11.9. The van der Waals surface area contributed by atoms with Crippen LogP contribution in [0.4, 0.5) is 10.5 Å². The molecule has 0 heterocycles. The maximum Gasteiger partial charge on any atom is 0.320 e. The average Bonchev–Trinajstić information content (AvgIpc) is 2.88. The minimum absolute atomic E-state index is 0.404. The van der Waals surface area contributed by atoms with E-state index in [9.17, 15) is 10.1 Å². The number of anilines is 1. The lowest BCUT2D eigenvalue weighted by atomic mass is 10.0. The number of benzene rings is 1. The zero-order valence-electron chi connectivity index (χ0n) is 10.4. The molecule has 1 saturated carbocycles. The van der Waals surface area contributed by atoms with E-state index in [1.54, 1.807) is 24.3 Å². The van der Waals surface area contributed by atoms with E-state index in [-0.39, 0.29) is 0 Å². The van der Waals surface area contributed by atoms with Gasteiger partial charge in [-0.1, -0.05) is 6.07 Å². The van der Waals surface area contributed by atoms with Crippen molar-refractivity contribution in [3.05, 3.63) is 29.8 Å². The van der Waals surface area contributed by atoms with Crippen LogP contribution in [0, 0.1) is 22.7 Å². The van der Waals surface area contributed by atoms with Crippen LogP contribution < -0.4 is 10.6 Å². The number of nitriles is 2. The summed E-state index contributed by atoms with van der Waals surface area (Å²) in [5.74, 6) is 0. The molecule has 0 aromatic heterocycles. The lowest BCUT2D eigenvalue weighted by molar-refractivity contribution is 0.244. The molecule has 2 rings (SSSR count). The van der Waals surface area contributed by atoms with Gasteiger partial charge in [0.15, 0.2) is 0 Å². The molecule has 0 spiro atoms. The van der Waals surface area contributed by atoms with E-state index in [0.717, 1.165) is 12.8 Å². The Balaban J connectivity index is 2.01. The first-order valence-corrected chi connectivity index (χ1v) is 6.18. The lowest BCUT2D eigenvalue weighted by Gasteiger charge is -2.22. The molecule has 0 aliphatic heterocycles. The Labute approximate surface area is 111 Å². The second-order valence-electron chi connectivity index (χ2n) is 4.67. The summed E-state index contributed by atoms with van der Waals surface area (Å²) < 4.78 is 0. The van der Waals surface area contributed by atoms with Crippen molar-refractivity contribution in [3.63, 3.8) is 0 Å². The quantitative estimate of drug-likeness (QED) is 0.849. The summed E-state index contributed by atoms with van der Waals surface area (Å²) in [7, 11) is 0. The van der Waals surface area contributed by atoms with Crippen LogP contribution in [0.3, 0.4) is 0 Å². The highest BCUT2D eigenvalue weighted by Crippen LogP contribution is 2.28. The number of rotatable bonds is 2. The van der Waals surface area contributed by atoms with Crippen molar-refractivity contribution in [1.82, 2.24) is 5.32 Å². The van der Waals surface area contributed by atoms with Gasteiger partial charge in [0.1, 0.15) is 5.54 Å². The van der Waals surface area contributed by atoms with E-state index in [1.807, 2.05) is 6.07 Å². The SMILES string of the molecule is N#Cc1cccc(NC(=O)NC2(C#N)CCCC2)c1. The molecular weight excluding hydrogens is 240 g/mol. The first-order valence-electron chi connectivity index (χ1n) is 6.18. The second-order valence-corrected chi connectivity index (χ2v) is 4.67. The molecule has 1 aliphatic carbocycles. The first kappa shape index (κ1) is 12.9. The number of nitrogens with zero attached hydrogens (tertiary/aromatic N) is 2. The fourth-order valence-electron chi connectivity index (χ4n) is 2.29. The topological polar surface area (TPSA) is 88.7 Å². The van der Waals surface area contributed by atoms with Gasteiger partial charge in [0.2, 0.25) is 0 Å². The Morgan fingerprint density at radius 2 is 2.00 bits per heavy atom. The van der Waals surface area contributed by atoms with Crippen LogP contribution >= 0.6 is 0 Å². The molecule has 1 aromatic carbocycles. The lowest BCUT2D eigenvalue weighted by Crippen LogP contribution is -2.47. The Morgan fingerprint density at radius 1 is 1.26 bits per heavy atom. The minimum atomic E-state index is -0.739. The van der Waals surface area contributed by atoms with Crippen molar-refractivity contribution >= 4 is 11.7 Å². The fraction of sp³-hybridized carbons (Fsp3) is 0.357. The number of urea groups is 1. The maximum atomic E-state index is 11.9. The van der Waals surface area contributed by atoms with Crippen LogP contribution in [0.15, 0.2) is 24.3 Å². The summed E-state index contributed by atoms with van der Waals surface area (Å²) in [5, 5.41) is 23.3. The smallest absolute Gasteiger partial charge is 0.319 e. The molecule has 0 unspecified atom stereocenters. The molecule has 2 amide bonds. The highest BCUT2D eigenvalue weighted by atomic mass is 16.2. The number of hydrogen-bond acceptors (Lipinski definition) is 3. The van der Waals surface area contributed by atoms with E-state index in [4.69, 9.17) is 5.26 Å². The van der Waals surface area contributed by atoms with Crippen LogP contribution in [0.5, 0.6) is 0 Å². The Hall–Kier alpha value is -2.53. The number of hydrogen-bond donors (Lipinski definition) is 2. The van der Waals surface area contributed by atoms with E-state index < -0.39 is 11.6 Å². The molecule has 0 atom stereocenters.